The Bertz CT molecular complexity index is 548. The van der Waals surface area contributed by atoms with E-state index in [2.05, 4.69) is 0 Å². The number of carboxylic acids is 2. The molecule has 2 unspecified atom stereocenters. The van der Waals surface area contributed by atoms with Crippen molar-refractivity contribution in [3.05, 3.63) is 0 Å². The molecule has 0 spiro atoms. The third-order valence-electron chi connectivity index (χ3n) is 5.54. The van der Waals surface area contributed by atoms with Crippen LogP contribution in [0.25, 0.3) is 0 Å². The molecular weight excluding hydrogens is 366 g/mol. The summed E-state index contributed by atoms with van der Waals surface area (Å²) in [6.07, 6.45) is 3.71. The van der Waals surface area contributed by atoms with Crippen LogP contribution in [0, 0.1) is 0 Å². The lowest BCUT2D eigenvalue weighted by Crippen LogP contribution is -2.43. The van der Waals surface area contributed by atoms with Crippen LogP contribution < -0.4 is 0 Å². The van der Waals surface area contributed by atoms with Gasteiger partial charge in [0, 0.05) is 39.0 Å². The smallest absolute Gasteiger partial charge is 0.326 e. The van der Waals surface area contributed by atoms with Gasteiger partial charge in [0.25, 0.3) is 0 Å². The second kappa shape index (κ2) is 10.4. The van der Waals surface area contributed by atoms with Gasteiger partial charge < -0.3 is 24.9 Å². The first kappa shape index (κ1) is 22.1. The van der Waals surface area contributed by atoms with Crippen LogP contribution >= 0.6 is 0 Å². The Kier molecular flexibility index (Phi) is 8.22. The van der Waals surface area contributed by atoms with E-state index in [4.69, 9.17) is 0 Å². The van der Waals surface area contributed by atoms with Crippen LogP contribution in [0.15, 0.2) is 0 Å². The highest BCUT2D eigenvalue weighted by atomic mass is 16.4. The number of carbonyl (C=O) groups is 4. The van der Waals surface area contributed by atoms with Gasteiger partial charge in [-0.3, -0.25) is 9.59 Å². The van der Waals surface area contributed by atoms with Crippen molar-refractivity contribution in [2.45, 2.75) is 64.0 Å². The zero-order valence-electron chi connectivity index (χ0n) is 16.5. The number of nitrogens with zero attached hydrogens (tertiary/aromatic N) is 3. The quantitative estimate of drug-likeness (QED) is 0.555. The molecule has 2 N–H and O–H groups in total. The van der Waals surface area contributed by atoms with E-state index < -0.39 is 24.0 Å². The fourth-order valence-corrected chi connectivity index (χ4v) is 4.09. The summed E-state index contributed by atoms with van der Waals surface area (Å²) in [7, 11) is 0. The Hall–Kier alpha value is -2.16. The molecule has 2 aliphatic rings. The fraction of sp³-hybridized carbons (Fsp3) is 0.789. The van der Waals surface area contributed by atoms with E-state index in [0.717, 1.165) is 13.0 Å². The van der Waals surface area contributed by atoms with E-state index in [1.807, 2.05) is 11.8 Å². The predicted octanol–water partition coefficient (Wildman–Crippen LogP) is 0.630. The Labute approximate surface area is 165 Å². The molecule has 0 bridgehead atoms. The van der Waals surface area contributed by atoms with E-state index >= 15 is 0 Å². The maximum atomic E-state index is 12.4. The van der Waals surface area contributed by atoms with E-state index in [1.165, 1.54) is 9.80 Å². The molecule has 0 aromatic carbocycles. The van der Waals surface area contributed by atoms with Crippen LogP contribution in [0.1, 0.15) is 51.9 Å². The summed E-state index contributed by atoms with van der Waals surface area (Å²) < 4.78 is 0. The first-order chi connectivity index (χ1) is 13.3. The second-order valence-corrected chi connectivity index (χ2v) is 7.51. The molecule has 0 radical (unpaired) electrons. The van der Waals surface area contributed by atoms with Crippen molar-refractivity contribution < 1.29 is 29.4 Å². The monoisotopic (exact) mass is 397 g/mol. The van der Waals surface area contributed by atoms with Crippen molar-refractivity contribution in [3.63, 3.8) is 0 Å². The largest absolute Gasteiger partial charge is 0.480 e. The lowest BCUT2D eigenvalue weighted by molar-refractivity contribution is -0.148. The second-order valence-electron chi connectivity index (χ2n) is 7.51. The average molecular weight is 397 g/mol. The summed E-state index contributed by atoms with van der Waals surface area (Å²) in [4.78, 5) is 52.3. The SMILES string of the molecule is CCCN(CCC(=O)N1CCCC1C(=O)O)CCC(=O)N1CCCC1C(=O)O. The van der Waals surface area contributed by atoms with Crippen molar-refractivity contribution >= 4 is 23.8 Å². The van der Waals surface area contributed by atoms with Gasteiger partial charge in [0.15, 0.2) is 0 Å². The van der Waals surface area contributed by atoms with Crippen LogP contribution in [-0.2, 0) is 19.2 Å². The highest BCUT2D eigenvalue weighted by molar-refractivity contribution is 5.85. The van der Waals surface area contributed by atoms with E-state index in [0.29, 0.717) is 51.9 Å². The lowest BCUT2D eigenvalue weighted by atomic mass is 10.2. The summed E-state index contributed by atoms with van der Waals surface area (Å²) in [5.74, 6) is -2.24. The molecule has 28 heavy (non-hydrogen) atoms. The van der Waals surface area contributed by atoms with Gasteiger partial charge in [-0.2, -0.15) is 0 Å². The number of hydrogen-bond donors (Lipinski definition) is 2. The number of carbonyl (C=O) groups excluding carboxylic acids is 2. The highest BCUT2D eigenvalue weighted by Crippen LogP contribution is 2.20. The zero-order valence-corrected chi connectivity index (χ0v) is 16.5. The molecule has 2 heterocycles. The standard InChI is InChI=1S/C19H31N3O6/c1-2-9-20(12-7-16(23)21-10-3-5-14(21)18(25)26)13-8-17(24)22-11-4-6-15(22)19(27)28/h14-15H,2-13H2,1H3,(H,25,26)(H,27,28). The summed E-state index contributed by atoms with van der Waals surface area (Å²) >= 11 is 0. The molecule has 158 valence electrons. The van der Waals surface area contributed by atoms with Crippen LogP contribution in [0.3, 0.4) is 0 Å². The Morgan fingerprint density at radius 1 is 0.821 bits per heavy atom. The van der Waals surface area contributed by atoms with Crippen LogP contribution in [-0.4, -0.2) is 93.5 Å². The number of aliphatic carboxylic acids is 2. The predicted molar refractivity (Wildman–Crippen MR) is 101 cm³/mol. The number of amides is 2. The highest BCUT2D eigenvalue weighted by Gasteiger charge is 2.35. The van der Waals surface area contributed by atoms with E-state index in [1.54, 1.807) is 0 Å². The minimum Gasteiger partial charge on any atom is -0.480 e. The Morgan fingerprint density at radius 2 is 1.25 bits per heavy atom. The third kappa shape index (κ3) is 5.67. The minimum absolute atomic E-state index is 0.164. The summed E-state index contributed by atoms with van der Waals surface area (Å²) in [5, 5.41) is 18.4. The van der Waals surface area contributed by atoms with Crippen LogP contribution in [0.2, 0.25) is 0 Å². The van der Waals surface area contributed by atoms with Crippen LogP contribution in [0.5, 0.6) is 0 Å². The number of carboxylic acid groups (broad SMARTS) is 2. The molecule has 0 aliphatic carbocycles. The molecule has 9 nitrogen and oxygen atoms in total. The molecule has 2 saturated heterocycles. The van der Waals surface area contributed by atoms with Gasteiger partial charge in [-0.15, -0.1) is 0 Å². The topological polar surface area (TPSA) is 118 Å². The number of hydrogen-bond acceptors (Lipinski definition) is 5. The Balaban J connectivity index is 1.82. The molecule has 2 fully saturated rings. The Morgan fingerprint density at radius 3 is 1.61 bits per heavy atom. The summed E-state index contributed by atoms with van der Waals surface area (Å²) in [5.41, 5.74) is 0. The average Bonchev–Trinajstić information content (AvgIpc) is 3.32. The molecule has 2 rings (SSSR count). The van der Waals surface area contributed by atoms with Crippen molar-refractivity contribution in [1.29, 1.82) is 0 Å². The molecule has 0 aromatic heterocycles. The normalized spacial score (nSPS) is 22.1. The fourth-order valence-electron chi connectivity index (χ4n) is 4.09. The maximum Gasteiger partial charge on any atom is 0.326 e. The lowest BCUT2D eigenvalue weighted by Gasteiger charge is -2.26. The van der Waals surface area contributed by atoms with Crippen molar-refractivity contribution in [3.8, 4) is 0 Å². The first-order valence-electron chi connectivity index (χ1n) is 10.1. The van der Waals surface area contributed by atoms with Gasteiger partial charge >= 0.3 is 11.9 Å². The van der Waals surface area contributed by atoms with Gasteiger partial charge in [-0.1, -0.05) is 6.92 Å². The minimum atomic E-state index is -0.958. The molecule has 2 atom stereocenters. The summed E-state index contributed by atoms with van der Waals surface area (Å²) in [6.45, 7) is 4.63. The van der Waals surface area contributed by atoms with E-state index in [9.17, 15) is 29.4 Å². The molecule has 9 heteroatoms. The maximum absolute atomic E-state index is 12.4. The molecular formula is C19H31N3O6. The van der Waals surface area contributed by atoms with E-state index in [-0.39, 0.29) is 24.7 Å². The van der Waals surface area contributed by atoms with Gasteiger partial charge in [0.1, 0.15) is 12.1 Å². The molecule has 0 saturated carbocycles. The van der Waals surface area contributed by atoms with Crippen LogP contribution in [0.4, 0.5) is 0 Å². The molecule has 2 amide bonds. The van der Waals surface area contributed by atoms with Gasteiger partial charge in [0.05, 0.1) is 0 Å². The van der Waals surface area contributed by atoms with Gasteiger partial charge in [0.2, 0.25) is 11.8 Å². The first-order valence-corrected chi connectivity index (χ1v) is 10.1. The summed E-state index contributed by atoms with van der Waals surface area (Å²) in [6, 6.07) is -1.45. The zero-order chi connectivity index (χ0) is 20.7. The number of likely N-dealkylation sites (tertiary alicyclic amines) is 2. The van der Waals surface area contributed by atoms with Crippen molar-refractivity contribution in [2.24, 2.45) is 0 Å². The van der Waals surface area contributed by atoms with Gasteiger partial charge in [-0.25, -0.2) is 9.59 Å². The third-order valence-corrected chi connectivity index (χ3v) is 5.54. The molecule has 2 aliphatic heterocycles. The molecule has 0 aromatic rings. The van der Waals surface area contributed by atoms with Crippen molar-refractivity contribution in [1.82, 2.24) is 14.7 Å². The van der Waals surface area contributed by atoms with Crippen molar-refractivity contribution in [2.75, 3.05) is 32.7 Å². The number of rotatable bonds is 10. The van der Waals surface area contributed by atoms with Gasteiger partial charge in [-0.05, 0) is 38.6 Å².